The van der Waals surface area contributed by atoms with Crippen molar-refractivity contribution in [3.8, 4) is 0 Å². The normalized spacial score (nSPS) is 14.7. The van der Waals surface area contributed by atoms with Crippen LogP contribution in [0, 0.1) is 17.8 Å². The quantitative estimate of drug-likeness (QED) is 0.0640. The summed E-state index contributed by atoms with van der Waals surface area (Å²) >= 11 is 0. The van der Waals surface area contributed by atoms with Gasteiger partial charge in [-0.25, -0.2) is 0 Å². The lowest BCUT2D eigenvalue weighted by atomic mass is 9.90. The van der Waals surface area contributed by atoms with E-state index in [-0.39, 0.29) is 37.4 Å². The first-order chi connectivity index (χ1) is 23.0. The van der Waals surface area contributed by atoms with E-state index in [2.05, 4.69) is 27.8 Å². The molecule has 5 amide bonds. The van der Waals surface area contributed by atoms with Gasteiger partial charge in [0.25, 0.3) is 0 Å². The van der Waals surface area contributed by atoms with Crippen LogP contribution < -0.4 is 44.2 Å². The summed E-state index contributed by atoms with van der Waals surface area (Å²) in [6, 6.07) is 4.84. The number of benzene rings is 1. The highest BCUT2D eigenvalue weighted by molar-refractivity contribution is 5.98. The van der Waals surface area contributed by atoms with Gasteiger partial charge in [-0.15, -0.1) is 0 Å². The van der Waals surface area contributed by atoms with Crippen LogP contribution in [0.25, 0.3) is 0 Å². The van der Waals surface area contributed by atoms with Gasteiger partial charge in [0, 0.05) is 31.2 Å². The maximum atomic E-state index is 13.7. The predicted molar refractivity (Wildman–Crippen MR) is 185 cm³/mol. The molecule has 1 unspecified atom stereocenters. The van der Waals surface area contributed by atoms with E-state index in [1.807, 2.05) is 6.07 Å². The number of ketones is 2. The molecule has 0 saturated carbocycles. The van der Waals surface area contributed by atoms with E-state index in [1.54, 1.807) is 45.0 Å². The molecule has 1 aromatic carbocycles. The summed E-state index contributed by atoms with van der Waals surface area (Å²) in [6.07, 6.45) is -0.204. The van der Waals surface area contributed by atoms with Crippen LogP contribution in [0.4, 0.5) is 0 Å². The van der Waals surface area contributed by atoms with Crippen molar-refractivity contribution in [1.82, 2.24) is 21.3 Å². The summed E-state index contributed by atoms with van der Waals surface area (Å²) in [4.78, 5) is 90.0. The fourth-order valence-corrected chi connectivity index (χ4v) is 5.00. The van der Waals surface area contributed by atoms with Crippen LogP contribution in [0.1, 0.15) is 71.8 Å². The third kappa shape index (κ3) is 15.8. The lowest BCUT2D eigenvalue weighted by molar-refractivity contribution is -0.136. The van der Waals surface area contributed by atoms with Crippen LogP contribution >= 0.6 is 0 Å². The van der Waals surface area contributed by atoms with Crippen LogP contribution in [0.15, 0.2) is 42.7 Å². The van der Waals surface area contributed by atoms with E-state index in [1.165, 1.54) is 6.92 Å². The minimum absolute atomic E-state index is 0.154. The van der Waals surface area contributed by atoms with Gasteiger partial charge in [-0.3, -0.25) is 33.6 Å². The Morgan fingerprint density at radius 1 is 0.776 bits per heavy atom. The Kier molecular flexibility index (Phi) is 18.3. The molecule has 1 rings (SSSR count). The molecule has 0 fully saturated rings. The van der Waals surface area contributed by atoms with E-state index in [9.17, 15) is 33.6 Å². The highest BCUT2D eigenvalue weighted by Crippen LogP contribution is 2.18. The minimum atomic E-state index is -1.39. The van der Waals surface area contributed by atoms with Crippen LogP contribution in [0.5, 0.6) is 0 Å². The molecule has 0 aromatic heterocycles. The van der Waals surface area contributed by atoms with Gasteiger partial charge >= 0.3 is 0 Å². The van der Waals surface area contributed by atoms with Gasteiger partial charge in [0.1, 0.15) is 6.04 Å². The fourth-order valence-electron chi connectivity index (χ4n) is 5.00. The summed E-state index contributed by atoms with van der Waals surface area (Å²) in [7, 11) is 0. The van der Waals surface area contributed by atoms with Gasteiger partial charge in [0.15, 0.2) is 11.6 Å². The van der Waals surface area contributed by atoms with Crippen molar-refractivity contribution in [1.29, 1.82) is 0 Å². The Morgan fingerprint density at radius 2 is 1.37 bits per heavy atom. The maximum Gasteiger partial charge on any atom is 0.240 e. The number of amides is 5. The topological polar surface area (TPSA) is 272 Å². The second-order valence-corrected chi connectivity index (χ2v) is 12.7. The minimum Gasteiger partial charge on any atom is -0.386 e. The molecule has 0 aliphatic heterocycles. The molecule has 15 heteroatoms. The molecular weight excluding hydrogens is 632 g/mol. The monoisotopic (exact) mass is 686 g/mol. The van der Waals surface area contributed by atoms with Crippen LogP contribution in [0.2, 0.25) is 0 Å². The lowest BCUT2D eigenvalue weighted by Crippen LogP contribution is -2.51. The third-order valence-electron chi connectivity index (χ3n) is 8.00. The fraction of sp³-hybridized carbons (Fsp3) is 0.559. The zero-order valence-electron chi connectivity index (χ0n) is 29.0. The number of nitrogens with two attached hydrogens (primary N) is 4. The van der Waals surface area contributed by atoms with Crippen molar-refractivity contribution in [2.24, 2.45) is 40.7 Å². The SMILES string of the molecule is C=C(N)NCCC[C@H](CC(=O)[C@H](Cc1ccccc1)NC(=O)[C@@H](N)CC)C(=O)N[C@@H](CC(N)=O)C(=O)CC(C)C(=O)N[C@H](C(N)=O)C(C)C. The van der Waals surface area contributed by atoms with Crippen molar-refractivity contribution < 1.29 is 33.6 Å². The van der Waals surface area contributed by atoms with Gasteiger partial charge in [0.05, 0.1) is 30.4 Å². The number of carbonyl (C=O) groups excluding carboxylic acids is 7. The molecule has 0 saturated heterocycles. The van der Waals surface area contributed by atoms with Crippen molar-refractivity contribution in [2.45, 2.75) is 96.8 Å². The second kappa shape index (κ2) is 21.2. The number of rotatable bonds is 24. The molecule has 0 aliphatic rings. The van der Waals surface area contributed by atoms with E-state index in [4.69, 9.17) is 22.9 Å². The highest BCUT2D eigenvalue weighted by atomic mass is 16.2. The average Bonchev–Trinajstić information content (AvgIpc) is 3.03. The molecule has 0 spiro atoms. The lowest BCUT2D eigenvalue weighted by Gasteiger charge is -2.25. The number of carbonyl (C=O) groups is 7. The smallest absolute Gasteiger partial charge is 0.240 e. The molecule has 15 nitrogen and oxygen atoms in total. The number of Topliss-reactive ketones (excluding diaryl/α,β-unsaturated/α-hetero) is 2. The van der Waals surface area contributed by atoms with Gasteiger partial charge in [0.2, 0.25) is 29.5 Å². The first-order valence-corrected chi connectivity index (χ1v) is 16.5. The Morgan fingerprint density at radius 3 is 1.90 bits per heavy atom. The van der Waals surface area contributed by atoms with E-state index in [0.29, 0.717) is 19.4 Å². The van der Waals surface area contributed by atoms with Gasteiger partial charge < -0.3 is 44.2 Å². The van der Waals surface area contributed by atoms with Crippen molar-refractivity contribution in [3.63, 3.8) is 0 Å². The molecule has 6 atom stereocenters. The van der Waals surface area contributed by atoms with E-state index >= 15 is 0 Å². The van der Waals surface area contributed by atoms with Crippen molar-refractivity contribution in [3.05, 3.63) is 48.3 Å². The van der Waals surface area contributed by atoms with Crippen LogP contribution in [-0.4, -0.2) is 71.8 Å². The predicted octanol–water partition coefficient (Wildman–Crippen LogP) is -0.592. The third-order valence-corrected chi connectivity index (χ3v) is 8.00. The summed E-state index contributed by atoms with van der Waals surface area (Å²) < 4.78 is 0. The van der Waals surface area contributed by atoms with E-state index in [0.717, 1.165) is 5.56 Å². The summed E-state index contributed by atoms with van der Waals surface area (Å²) in [5.41, 5.74) is 23.1. The number of primary amides is 2. The molecule has 0 bridgehead atoms. The standard InChI is InChI=1S/C34H54N8O7/c1-6-24(36)34(49)41-25(16-22-11-8-7-9-12-22)28(44)17-23(13-10-14-39-21(5)35)33(48)40-26(18-29(37)45)27(43)15-20(4)32(47)42-30(19(2)3)31(38)46/h7-9,11-12,19-20,23-26,30,39H,5-6,10,13-18,35-36H2,1-4H3,(H2,37,45)(H2,38,46)(H,40,48)(H,41,49)(H,42,47)/t20?,23-,24+,25+,26+,30+/m1/s1. The molecule has 12 N–H and O–H groups in total. The molecule has 272 valence electrons. The summed E-state index contributed by atoms with van der Waals surface area (Å²) in [6.45, 7) is 10.5. The Balaban J connectivity index is 3.24. The Labute approximate surface area is 288 Å². The van der Waals surface area contributed by atoms with Gasteiger partial charge in [-0.05, 0) is 37.2 Å². The second-order valence-electron chi connectivity index (χ2n) is 12.7. The van der Waals surface area contributed by atoms with Crippen molar-refractivity contribution in [2.75, 3.05) is 6.54 Å². The van der Waals surface area contributed by atoms with E-state index < -0.39 is 83.5 Å². The highest BCUT2D eigenvalue weighted by Gasteiger charge is 2.33. The zero-order valence-corrected chi connectivity index (χ0v) is 29.0. The van der Waals surface area contributed by atoms with Crippen LogP contribution in [-0.2, 0) is 40.0 Å². The summed E-state index contributed by atoms with van der Waals surface area (Å²) in [5, 5.41) is 10.7. The molecule has 49 heavy (non-hydrogen) atoms. The largest absolute Gasteiger partial charge is 0.386 e. The van der Waals surface area contributed by atoms with Gasteiger partial charge in [-0.2, -0.15) is 0 Å². The van der Waals surface area contributed by atoms with Crippen molar-refractivity contribution >= 4 is 41.1 Å². The summed E-state index contributed by atoms with van der Waals surface area (Å²) in [5.74, 6) is -6.51. The number of hydrogen-bond donors (Lipinski definition) is 8. The molecule has 0 aliphatic carbocycles. The Bertz CT molecular complexity index is 1320. The average molecular weight is 687 g/mol. The van der Waals surface area contributed by atoms with Gasteiger partial charge in [-0.1, -0.05) is 64.6 Å². The first-order valence-electron chi connectivity index (χ1n) is 16.5. The van der Waals surface area contributed by atoms with Crippen LogP contribution in [0.3, 0.4) is 0 Å². The molecule has 1 aromatic rings. The molecule has 0 radical (unpaired) electrons. The molecule has 0 heterocycles. The number of nitrogens with one attached hydrogen (secondary N) is 4. The number of hydrogen-bond acceptors (Lipinski definition) is 10. The first kappa shape index (κ1) is 42.2. The Hall–Kier alpha value is -4.79. The maximum absolute atomic E-state index is 13.7. The zero-order chi connectivity index (χ0) is 37.3. The molecular formula is C34H54N8O7.